The number of nitrogens with zero attached hydrogens (tertiary/aromatic N) is 2. The maximum absolute atomic E-state index is 4.38. The zero-order valence-electron chi connectivity index (χ0n) is 11.2. The summed E-state index contributed by atoms with van der Waals surface area (Å²) < 4.78 is 0. The first-order valence-corrected chi connectivity index (χ1v) is 6.52. The molecule has 0 fully saturated rings. The fraction of sp³-hybridized carbons (Fsp3) is 0.0588. The summed E-state index contributed by atoms with van der Waals surface area (Å²) in [6.07, 6.45) is 3.60. The number of rotatable bonds is 3. The van der Waals surface area contributed by atoms with Gasteiger partial charge in [-0.2, -0.15) is 5.10 Å². The van der Waals surface area contributed by atoms with E-state index in [2.05, 4.69) is 34.6 Å². The van der Waals surface area contributed by atoms with Crippen LogP contribution in [0.3, 0.4) is 0 Å². The Morgan fingerprint density at radius 2 is 1.80 bits per heavy atom. The van der Waals surface area contributed by atoms with Gasteiger partial charge >= 0.3 is 0 Å². The predicted octanol–water partition coefficient (Wildman–Crippen LogP) is 3.99. The monoisotopic (exact) mass is 261 g/mol. The van der Waals surface area contributed by atoms with Crippen molar-refractivity contribution in [1.29, 1.82) is 0 Å². The van der Waals surface area contributed by atoms with Gasteiger partial charge < -0.3 is 0 Å². The number of aromatic nitrogens is 1. The number of aryl methyl sites for hydroxylation is 1. The van der Waals surface area contributed by atoms with Crippen molar-refractivity contribution >= 4 is 22.8 Å². The van der Waals surface area contributed by atoms with Gasteiger partial charge in [0.15, 0.2) is 0 Å². The molecule has 0 atom stereocenters. The summed E-state index contributed by atoms with van der Waals surface area (Å²) in [6.45, 7) is 2.07. The minimum absolute atomic E-state index is 0.909. The molecule has 1 heterocycles. The van der Waals surface area contributed by atoms with Gasteiger partial charge in [-0.05, 0) is 24.6 Å². The molecule has 98 valence electrons. The van der Waals surface area contributed by atoms with E-state index >= 15 is 0 Å². The SMILES string of the molecule is Cc1ccc(/C=N/Nc2cccc3cccnc23)cc1. The average molecular weight is 261 g/mol. The zero-order chi connectivity index (χ0) is 13.8. The molecule has 0 radical (unpaired) electrons. The van der Waals surface area contributed by atoms with E-state index < -0.39 is 0 Å². The quantitative estimate of drug-likeness (QED) is 0.571. The third-order valence-corrected chi connectivity index (χ3v) is 3.11. The third kappa shape index (κ3) is 2.67. The Morgan fingerprint density at radius 1 is 1.00 bits per heavy atom. The Labute approximate surface area is 118 Å². The summed E-state index contributed by atoms with van der Waals surface area (Å²) in [5.41, 5.74) is 7.20. The first kappa shape index (κ1) is 12.4. The van der Waals surface area contributed by atoms with Gasteiger partial charge in [0, 0.05) is 11.6 Å². The minimum atomic E-state index is 0.909. The largest absolute Gasteiger partial charge is 0.276 e. The molecule has 3 nitrogen and oxygen atoms in total. The molecule has 0 spiro atoms. The molecule has 0 saturated carbocycles. The number of fused-ring (bicyclic) bond motifs is 1. The molecule has 0 unspecified atom stereocenters. The fourth-order valence-electron chi connectivity index (χ4n) is 2.02. The molecule has 1 aromatic heterocycles. The molecule has 0 amide bonds. The van der Waals surface area contributed by atoms with Crippen LogP contribution in [0.25, 0.3) is 10.9 Å². The Morgan fingerprint density at radius 3 is 2.65 bits per heavy atom. The third-order valence-electron chi connectivity index (χ3n) is 3.11. The molecule has 0 aliphatic carbocycles. The highest BCUT2D eigenvalue weighted by molar-refractivity contribution is 5.90. The highest BCUT2D eigenvalue weighted by atomic mass is 15.3. The first-order chi connectivity index (χ1) is 9.83. The predicted molar refractivity (Wildman–Crippen MR) is 84.1 cm³/mol. The molecular weight excluding hydrogens is 246 g/mol. The van der Waals surface area contributed by atoms with Crippen molar-refractivity contribution < 1.29 is 0 Å². The van der Waals surface area contributed by atoms with Crippen molar-refractivity contribution in [3.05, 3.63) is 71.9 Å². The number of benzene rings is 2. The highest BCUT2D eigenvalue weighted by Crippen LogP contribution is 2.20. The van der Waals surface area contributed by atoms with Crippen molar-refractivity contribution in [3.8, 4) is 0 Å². The van der Waals surface area contributed by atoms with E-state index in [1.54, 1.807) is 12.4 Å². The summed E-state index contributed by atoms with van der Waals surface area (Å²) in [6, 6.07) is 18.2. The van der Waals surface area contributed by atoms with Crippen LogP contribution < -0.4 is 5.43 Å². The summed E-state index contributed by atoms with van der Waals surface area (Å²) >= 11 is 0. The molecule has 0 aliphatic rings. The second-order valence-corrected chi connectivity index (χ2v) is 4.66. The molecule has 0 bridgehead atoms. The summed E-state index contributed by atoms with van der Waals surface area (Å²) in [5.74, 6) is 0. The van der Waals surface area contributed by atoms with E-state index in [1.165, 1.54) is 5.56 Å². The van der Waals surface area contributed by atoms with Gasteiger partial charge in [0.25, 0.3) is 0 Å². The second-order valence-electron chi connectivity index (χ2n) is 4.66. The number of anilines is 1. The van der Waals surface area contributed by atoms with Gasteiger partial charge in [-0.25, -0.2) is 0 Å². The van der Waals surface area contributed by atoms with Gasteiger partial charge in [-0.1, -0.05) is 48.0 Å². The van der Waals surface area contributed by atoms with E-state index in [4.69, 9.17) is 0 Å². The Balaban J connectivity index is 1.81. The van der Waals surface area contributed by atoms with Crippen LogP contribution in [0.15, 0.2) is 65.9 Å². The normalized spacial score (nSPS) is 11.1. The summed E-state index contributed by atoms with van der Waals surface area (Å²) in [7, 11) is 0. The van der Waals surface area contributed by atoms with Crippen LogP contribution in [0.1, 0.15) is 11.1 Å². The van der Waals surface area contributed by atoms with Gasteiger partial charge in [0.1, 0.15) is 0 Å². The maximum atomic E-state index is 4.38. The van der Waals surface area contributed by atoms with E-state index in [0.29, 0.717) is 0 Å². The van der Waals surface area contributed by atoms with Crippen LogP contribution in [0, 0.1) is 6.92 Å². The molecule has 20 heavy (non-hydrogen) atoms. The minimum Gasteiger partial charge on any atom is -0.276 e. The van der Waals surface area contributed by atoms with Crippen LogP contribution in [0.4, 0.5) is 5.69 Å². The summed E-state index contributed by atoms with van der Waals surface area (Å²) in [5, 5.41) is 5.38. The van der Waals surface area contributed by atoms with Crippen molar-refractivity contribution in [1.82, 2.24) is 4.98 Å². The summed E-state index contributed by atoms with van der Waals surface area (Å²) in [4.78, 5) is 4.38. The van der Waals surface area contributed by atoms with Crippen LogP contribution in [0.5, 0.6) is 0 Å². The lowest BCUT2D eigenvalue weighted by Gasteiger charge is -2.04. The lowest BCUT2D eigenvalue weighted by Crippen LogP contribution is -1.93. The second kappa shape index (κ2) is 5.53. The fourth-order valence-corrected chi connectivity index (χ4v) is 2.02. The Bertz CT molecular complexity index is 740. The van der Waals surface area contributed by atoms with Gasteiger partial charge in [-0.3, -0.25) is 10.4 Å². The topological polar surface area (TPSA) is 37.3 Å². The van der Waals surface area contributed by atoms with E-state index in [0.717, 1.165) is 22.2 Å². The van der Waals surface area contributed by atoms with Crippen molar-refractivity contribution in [3.63, 3.8) is 0 Å². The molecule has 3 heteroatoms. The molecule has 0 saturated heterocycles. The van der Waals surface area contributed by atoms with Crippen LogP contribution in [0.2, 0.25) is 0 Å². The molecular formula is C17H15N3. The van der Waals surface area contributed by atoms with Crippen LogP contribution >= 0.6 is 0 Å². The number of hydrogen-bond acceptors (Lipinski definition) is 3. The zero-order valence-corrected chi connectivity index (χ0v) is 11.2. The molecule has 3 rings (SSSR count). The lowest BCUT2D eigenvalue weighted by molar-refractivity contribution is 1.33. The first-order valence-electron chi connectivity index (χ1n) is 6.52. The number of pyridine rings is 1. The molecule has 3 aromatic rings. The molecule has 2 aromatic carbocycles. The van der Waals surface area contributed by atoms with Crippen LogP contribution in [-0.2, 0) is 0 Å². The number of hydrazone groups is 1. The Kier molecular flexibility index (Phi) is 3.42. The molecule has 0 aliphatic heterocycles. The smallest absolute Gasteiger partial charge is 0.0951 e. The van der Waals surface area contributed by atoms with Crippen molar-refractivity contribution in [2.24, 2.45) is 5.10 Å². The number of hydrogen-bond donors (Lipinski definition) is 1. The van der Waals surface area contributed by atoms with Gasteiger partial charge in [-0.15, -0.1) is 0 Å². The standard InChI is InChI=1S/C17H15N3/c1-13-7-9-14(10-8-13)12-19-20-16-6-2-4-15-5-3-11-18-17(15)16/h2-12,20H,1H3/b19-12+. The van der Waals surface area contributed by atoms with E-state index in [-0.39, 0.29) is 0 Å². The molecule has 1 N–H and O–H groups in total. The van der Waals surface area contributed by atoms with E-state index in [9.17, 15) is 0 Å². The van der Waals surface area contributed by atoms with Gasteiger partial charge in [0.2, 0.25) is 0 Å². The maximum Gasteiger partial charge on any atom is 0.0951 e. The lowest BCUT2D eigenvalue weighted by atomic mass is 10.2. The van der Waals surface area contributed by atoms with Crippen molar-refractivity contribution in [2.45, 2.75) is 6.92 Å². The van der Waals surface area contributed by atoms with E-state index in [1.807, 2.05) is 42.5 Å². The Hall–Kier alpha value is -2.68. The highest BCUT2D eigenvalue weighted by Gasteiger charge is 1.99. The number of nitrogens with one attached hydrogen (secondary N) is 1. The van der Waals surface area contributed by atoms with Crippen LogP contribution in [-0.4, -0.2) is 11.2 Å². The van der Waals surface area contributed by atoms with Gasteiger partial charge in [0.05, 0.1) is 17.4 Å². The average Bonchev–Trinajstić information content (AvgIpc) is 2.49. The number of para-hydroxylation sites is 1. The van der Waals surface area contributed by atoms with Crippen molar-refractivity contribution in [2.75, 3.05) is 5.43 Å².